The van der Waals surface area contributed by atoms with Gasteiger partial charge in [0.1, 0.15) is 5.57 Å². The molecule has 2 aliphatic rings. The van der Waals surface area contributed by atoms with Gasteiger partial charge in [-0.3, -0.25) is 4.79 Å². The van der Waals surface area contributed by atoms with Gasteiger partial charge in [-0.05, 0) is 68.2 Å². The Morgan fingerprint density at radius 2 is 2.03 bits per heavy atom. The summed E-state index contributed by atoms with van der Waals surface area (Å²) in [6, 6.07) is 0. The van der Waals surface area contributed by atoms with Crippen LogP contribution in [0.3, 0.4) is 0 Å². The zero-order valence-electron chi connectivity index (χ0n) is 17.5. The molecule has 0 aromatic heterocycles. The summed E-state index contributed by atoms with van der Waals surface area (Å²) in [6.45, 7) is 4.01. The molecule has 0 aromatic rings. The van der Waals surface area contributed by atoms with Crippen LogP contribution in [-0.2, 0) is 9.59 Å². The van der Waals surface area contributed by atoms with Crippen LogP contribution in [-0.4, -0.2) is 27.5 Å². The molecule has 0 saturated heterocycles. The molecule has 0 bridgehead atoms. The van der Waals surface area contributed by atoms with Gasteiger partial charge in [0.15, 0.2) is 5.78 Å². The fraction of sp³-hybridized carbons (Fsp3) is 0.500. The van der Waals surface area contributed by atoms with E-state index in [4.69, 9.17) is 0 Å². The van der Waals surface area contributed by atoms with Crippen LogP contribution in [0.2, 0.25) is 0 Å². The molecule has 1 saturated carbocycles. The molecule has 1 aliphatic heterocycles. The lowest BCUT2D eigenvalue weighted by Gasteiger charge is -2.43. The number of carboxylic acids is 1. The van der Waals surface area contributed by atoms with Crippen molar-refractivity contribution in [3.05, 3.63) is 59.1 Å². The lowest BCUT2D eigenvalue weighted by molar-refractivity contribution is -0.134. The predicted octanol–water partition coefficient (Wildman–Crippen LogP) is 5.28. The van der Waals surface area contributed by atoms with Gasteiger partial charge < -0.3 is 15.5 Å². The van der Waals surface area contributed by atoms with Crippen LogP contribution in [0.4, 0.5) is 0 Å². The van der Waals surface area contributed by atoms with E-state index in [1.807, 2.05) is 19.1 Å². The van der Waals surface area contributed by atoms with Gasteiger partial charge in [0.05, 0.1) is 6.26 Å². The number of aliphatic hydroxyl groups excluding tert-OH is 1. The number of nitrogens with one attached hydrogen (secondary N) is 1. The summed E-state index contributed by atoms with van der Waals surface area (Å²) in [6.07, 6.45) is 18.3. The van der Waals surface area contributed by atoms with E-state index in [1.165, 1.54) is 18.6 Å². The molecule has 29 heavy (non-hydrogen) atoms. The first-order valence-electron chi connectivity index (χ1n) is 10.6. The van der Waals surface area contributed by atoms with Crippen molar-refractivity contribution in [2.24, 2.45) is 0 Å². The van der Waals surface area contributed by atoms with Gasteiger partial charge in [0.25, 0.3) is 0 Å². The molecule has 0 unspecified atom stereocenters. The van der Waals surface area contributed by atoms with Gasteiger partial charge in [0, 0.05) is 17.8 Å². The van der Waals surface area contributed by atoms with E-state index < -0.39 is 11.8 Å². The Balaban J connectivity index is 2.41. The number of hydrogen-bond acceptors (Lipinski definition) is 4. The third kappa shape index (κ3) is 6.21. The molecular formula is C24H33NO4. The number of allylic oxidation sites excluding steroid dienone is 6. The highest BCUT2D eigenvalue weighted by Gasteiger charge is 2.37. The number of rotatable bonds is 7. The number of aliphatic carboxylic acids is 1. The van der Waals surface area contributed by atoms with E-state index in [0.29, 0.717) is 12.0 Å². The molecule has 1 spiro atoms. The molecule has 158 valence electrons. The Morgan fingerprint density at radius 1 is 1.28 bits per heavy atom. The Bertz CT molecular complexity index is 764. The van der Waals surface area contributed by atoms with E-state index >= 15 is 0 Å². The molecule has 1 fully saturated rings. The fourth-order valence-electron chi connectivity index (χ4n) is 3.87. The summed E-state index contributed by atoms with van der Waals surface area (Å²) in [5.74, 6) is -1.77. The smallest absolute Gasteiger partial charge is 0.339 e. The van der Waals surface area contributed by atoms with Crippen LogP contribution in [0.25, 0.3) is 0 Å². The van der Waals surface area contributed by atoms with Gasteiger partial charge in [-0.15, -0.1) is 0 Å². The molecule has 5 heteroatoms. The summed E-state index contributed by atoms with van der Waals surface area (Å²) >= 11 is 0. The second-order valence-corrected chi connectivity index (χ2v) is 7.94. The molecule has 0 aromatic carbocycles. The van der Waals surface area contributed by atoms with Crippen LogP contribution in [0.1, 0.15) is 71.6 Å². The number of carbonyl (C=O) groups excluding carboxylic acids is 1. The van der Waals surface area contributed by atoms with Gasteiger partial charge in [0.2, 0.25) is 0 Å². The Hall–Kier alpha value is -2.56. The van der Waals surface area contributed by atoms with Gasteiger partial charge in [-0.1, -0.05) is 38.3 Å². The summed E-state index contributed by atoms with van der Waals surface area (Å²) in [5.41, 5.74) is 2.09. The summed E-state index contributed by atoms with van der Waals surface area (Å²) in [5, 5.41) is 22.6. The minimum Gasteiger partial charge on any atom is -0.515 e. The molecule has 5 nitrogen and oxygen atoms in total. The highest BCUT2D eigenvalue weighted by molar-refractivity contribution is 6.21. The normalized spacial score (nSPS) is 25.2. The lowest BCUT2D eigenvalue weighted by atomic mass is 9.71. The van der Waals surface area contributed by atoms with Crippen molar-refractivity contribution in [1.29, 1.82) is 0 Å². The lowest BCUT2D eigenvalue weighted by Crippen LogP contribution is -2.49. The van der Waals surface area contributed by atoms with Gasteiger partial charge >= 0.3 is 5.97 Å². The monoisotopic (exact) mass is 399 g/mol. The molecule has 1 heterocycles. The molecule has 0 amide bonds. The average molecular weight is 400 g/mol. The number of ketones is 1. The number of aliphatic hydroxyl groups is 1. The Morgan fingerprint density at radius 3 is 2.59 bits per heavy atom. The molecule has 1 aliphatic carbocycles. The van der Waals surface area contributed by atoms with Crippen molar-refractivity contribution < 1.29 is 19.8 Å². The van der Waals surface area contributed by atoms with E-state index in [1.54, 1.807) is 6.20 Å². The first-order valence-corrected chi connectivity index (χ1v) is 10.6. The first kappa shape index (κ1) is 22.7. The summed E-state index contributed by atoms with van der Waals surface area (Å²) < 4.78 is 0. The van der Waals surface area contributed by atoms with E-state index in [2.05, 4.69) is 12.2 Å². The van der Waals surface area contributed by atoms with Crippen molar-refractivity contribution in [3.8, 4) is 0 Å². The maximum atomic E-state index is 12.4. The summed E-state index contributed by atoms with van der Waals surface area (Å²) in [7, 11) is 0. The second-order valence-electron chi connectivity index (χ2n) is 7.94. The average Bonchev–Trinajstić information content (AvgIpc) is 2.67. The molecule has 0 atom stereocenters. The minimum absolute atomic E-state index is 0.131. The number of carbonyl (C=O) groups is 2. The van der Waals surface area contributed by atoms with Crippen molar-refractivity contribution >= 4 is 11.8 Å². The zero-order valence-corrected chi connectivity index (χ0v) is 17.5. The molecular weight excluding hydrogens is 366 g/mol. The Labute approximate surface area is 173 Å². The third-order valence-electron chi connectivity index (χ3n) is 5.79. The fourth-order valence-corrected chi connectivity index (χ4v) is 3.87. The molecule has 3 N–H and O–H groups in total. The number of hydrogen-bond donors (Lipinski definition) is 3. The quantitative estimate of drug-likeness (QED) is 0.308. The Kier molecular flexibility index (Phi) is 8.50. The van der Waals surface area contributed by atoms with Crippen molar-refractivity contribution in [2.75, 3.05) is 0 Å². The minimum atomic E-state index is -1.24. The maximum absolute atomic E-state index is 12.4. The second kappa shape index (κ2) is 10.8. The topological polar surface area (TPSA) is 86.6 Å². The van der Waals surface area contributed by atoms with Crippen LogP contribution < -0.4 is 5.32 Å². The third-order valence-corrected chi connectivity index (χ3v) is 5.79. The predicted molar refractivity (Wildman–Crippen MR) is 116 cm³/mol. The van der Waals surface area contributed by atoms with E-state index in [9.17, 15) is 19.8 Å². The van der Waals surface area contributed by atoms with E-state index in [-0.39, 0.29) is 11.1 Å². The van der Waals surface area contributed by atoms with E-state index in [0.717, 1.165) is 62.4 Å². The van der Waals surface area contributed by atoms with Crippen molar-refractivity contribution in [1.82, 2.24) is 5.32 Å². The highest BCUT2D eigenvalue weighted by atomic mass is 16.4. The first-order chi connectivity index (χ1) is 13.9. The van der Waals surface area contributed by atoms with Gasteiger partial charge in [-0.25, -0.2) is 4.79 Å². The standard InChI is InChI=1S/C24H33NO4/c1-3-5-6-7-9-18(17-26)14-20-16-24(11-8-12-24)25-13-10-22(27)21(23(28)29)15-19(20)4-2/h4,10,13-15,17,25-26H,3,5-9,11-12,16H2,1-2H3,(H,28,29)/b13-10-,18-17+,19-4-,20-14-,21-15-. The summed E-state index contributed by atoms with van der Waals surface area (Å²) in [4.78, 5) is 24.0. The van der Waals surface area contributed by atoms with Gasteiger partial charge in [-0.2, -0.15) is 0 Å². The van der Waals surface area contributed by atoms with Crippen molar-refractivity contribution in [3.63, 3.8) is 0 Å². The van der Waals surface area contributed by atoms with Crippen molar-refractivity contribution in [2.45, 2.75) is 77.2 Å². The van der Waals surface area contributed by atoms with Crippen LogP contribution >= 0.6 is 0 Å². The largest absolute Gasteiger partial charge is 0.515 e. The highest BCUT2D eigenvalue weighted by Crippen LogP contribution is 2.40. The number of unbranched alkanes of at least 4 members (excludes halogenated alkanes) is 3. The van der Waals surface area contributed by atoms with Crippen LogP contribution in [0, 0.1) is 0 Å². The SMILES string of the molecule is C/C=C1/C=C(\C(=O)O)C(=O)/C=C\NC2(CCC2)C/C1=C/C(=C/O)CCCCCC. The van der Waals surface area contributed by atoms with Crippen LogP contribution in [0.15, 0.2) is 59.1 Å². The molecule has 2 rings (SSSR count). The maximum Gasteiger partial charge on any atom is 0.339 e. The zero-order chi connectivity index (χ0) is 21.3. The number of carboxylic acid groups (broad SMARTS) is 1. The molecule has 0 radical (unpaired) electrons. The van der Waals surface area contributed by atoms with Crippen LogP contribution in [0.5, 0.6) is 0 Å².